The summed E-state index contributed by atoms with van der Waals surface area (Å²) in [6, 6.07) is 8.25. The first-order valence-electron chi connectivity index (χ1n) is 5.83. The predicted molar refractivity (Wildman–Crippen MR) is 71.6 cm³/mol. The lowest BCUT2D eigenvalue weighted by molar-refractivity contribution is 0.0387. The van der Waals surface area contributed by atoms with Gasteiger partial charge in [0.15, 0.2) is 0 Å². The number of benzene rings is 1. The van der Waals surface area contributed by atoms with Gasteiger partial charge in [-0.25, -0.2) is 0 Å². The van der Waals surface area contributed by atoms with E-state index in [0.717, 1.165) is 24.0 Å². The van der Waals surface area contributed by atoms with Crippen molar-refractivity contribution in [1.29, 1.82) is 0 Å². The zero-order valence-electron chi connectivity index (χ0n) is 10.0. The average molecular weight is 286 g/mol. The minimum Gasteiger partial charge on any atom is -0.372 e. The molecule has 0 saturated heterocycles. The molecule has 0 saturated carbocycles. The average Bonchev–Trinajstić information content (AvgIpc) is 2.29. The number of nitrogens with one attached hydrogen (secondary N) is 1. The van der Waals surface area contributed by atoms with E-state index in [1.807, 2.05) is 12.1 Å². The number of likely N-dealkylation sites (N-methyl/N-ethyl adjacent to an activating group) is 1. The van der Waals surface area contributed by atoms with E-state index < -0.39 is 0 Å². The summed E-state index contributed by atoms with van der Waals surface area (Å²) in [5.74, 6) is 0. The van der Waals surface area contributed by atoms with Gasteiger partial charge in [0, 0.05) is 11.0 Å². The van der Waals surface area contributed by atoms with Crippen LogP contribution in [0.25, 0.3) is 0 Å². The quantitative estimate of drug-likeness (QED) is 0.830. The molecule has 1 aromatic carbocycles. The van der Waals surface area contributed by atoms with Crippen LogP contribution in [0, 0.1) is 0 Å². The Morgan fingerprint density at radius 1 is 1.38 bits per heavy atom. The molecule has 2 nitrogen and oxygen atoms in total. The molecule has 16 heavy (non-hydrogen) atoms. The topological polar surface area (TPSA) is 21.3 Å². The van der Waals surface area contributed by atoms with Crippen LogP contribution >= 0.6 is 15.9 Å². The van der Waals surface area contributed by atoms with E-state index in [4.69, 9.17) is 4.74 Å². The third kappa shape index (κ3) is 5.10. The maximum Gasteiger partial charge on any atom is 0.0721 e. The fourth-order valence-electron chi connectivity index (χ4n) is 1.47. The van der Waals surface area contributed by atoms with E-state index in [1.54, 1.807) is 0 Å². The first-order valence-corrected chi connectivity index (χ1v) is 6.62. The smallest absolute Gasteiger partial charge is 0.0721 e. The highest BCUT2D eigenvalue weighted by Crippen LogP contribution is 2.13. The van der Waals surface area contributed by atoms with Crippen molar-refractivity contribution in [2.45, 2.75) is 33.0 Å². The summed E-state index contributed by atoms with van der Waals surface area (Å²) in [6.45, 7) is 6.88. The Labute approximate surface area is 107 Å². The highest BCUT2D eigenvalue weighted by molar-refractivity contribution is 9.10. The van der Waals surface area contributed by atoms with Crippen LogP contribution in [0.3, 0.4) is 0 Å². The number of hydrogen-bond acceptors (Lipinski definition) is 2. The summed E-state index contributed by atoms with van der Waals surface area (Å²) in [5.41, 5.74) is 1.21. The molecule has 0 fully saturated rings. The molecule has 0 heterocycles. The monoisotopic (exact) mass is 285 g/mol. The predicted octanol–water partition coefficient (Wildman–Crippen LogP) is 3.35. The standard InChI is InChI=1S/C13H20BrNO/c1-3-13(9-15-4-2)16-10-11-6-5-7-12(14)8-11/h5-8,13,15H,3-4,9-10H2,1-2H3. The minimum absolute atomic E-state index is 0.305. The number of hydrogen-bond donors (Lipinski definition) is 1. The summed E-state index contributed by atoms with van der Waals surface area (Å²) in [4.78, 5) is 0. The van der Waals surface area contributed by atoms with Gasteiger partial charge in [0.2, 0.25) is 0 Å². The van der Waals surface area contributed by atoms with Crippen molar-refractivity contribution in [3.05, 3.63) is 34.3 Å². The Kier molecular flexibility index (Phi) is 6.69. The van der Waals surface area contributed by atoms with E-state index in [9.17, 15) is 0 Å². The fourth-order valence-corrected chi connectivity index (χ4v) is 1.91. The molecule has 0 aliphatic heterocycles. The van der Waals surface area contributed by atoms with Crippen LogP contribution in [0.4, 0.5) is 0 Å². The molecule has 1 aromatic rings. The van der Waals surface area contributed by atoms with Crippen LogP contribution in [0.2, 0.25) is 0 Å². The van der Waals surface area contributed by atoms with Crippen molar-refractivity contribution in [1.82, 2.24) is 5.32 Å². The molecule has 1 N–H and O–H groups in total. The Balaban J connectivity index is 2.37. The van der Waals surface area contributed by atoms with Crippen molar-refractivity contribution in [3.63, 3.8) is 0 Å². The fraction of sp³-hybridized carbons (Fsp3) is 0.538. The molecule has 0 aliphatic carbocycles. The van der Waals surface area contributed by atoms with Gasteiger partial charge >= 0.3 is 0 Å². The molecule has 0 bridgehead atoms. The van der Waals surface area contributed by atoms with Crippen molar-refractivity contribution in [3.8, 4) is 0 Å². The lowest BCUT2D eigenvalue weighted by Crippen LogP contribution is -2.28. The van der Waals surface area contributed by atoms with Crippen LogP contribution in [0.5, 0.6) is 0 Å². The summed E-state index contributed by atoms with van der Waals surface area (Å²) in [7, 11) is 0. The van der Waals surface area contributed by atoms with Gasteiger partial charge in [-0.15, -0.1) is 0 Å². The normalized spacial score (nSPS) is 12.7. The molecule has 1 unspecified atom stereocenters. The van der Waals surface area contributed by atoms with E-state index in [0.29, 0.717) is 12.7 Å². The lowest BCUT2D eigenvalue weighted by atomic mass is 10.2. The summed E-state index contributed by atoms with van der Waals surface area (Å²) in [5, 5.41) is 3.31. The van der Waals surface area contributed by atoms with Gasteiger partial charge in [-0.2, -0.15) is 0 Å². The number of rotatable bonds is 7. The Bertz CT molecular complexity index is 304. The van der Waals surface area contributed by atoms with Gasteiger partial charge in [-0.05, 0) is 30.7 Å². The summed E-state index contributed by atoms with van der Waals surface area (Å²) in [6.07, 6.45) is 1.35. The maximum atomic E-state index is 5.85. The zero-order chi connectivity index (χ0) is 11.8. The first kappa shape index (κ1) is 13.7. The molecule has 0 aromatic heterocycles. The van der Waals surface area contributed by atoms with E-state index in [2.05, 4.69) is 47.2 Å². The molecule has 3 heteroatoms. The highest BCUT2D eigenvalue weighted by Gasteiger charge is 2.05. The highest BCUT2D eigenvalue weighted by atomic mass is 79.9. The Morgan fingerprint density at radius 3 is 2.81 bits per heavy atom. The molecular formula is C13H20BrNO. The van der Waals surface area contributed by atoms with Gasteiger partial charge < -0.3 is 10.1 Å². The molecule has 0 radical (unpaired) electrons. The van der Waals surface area contributed by atoms with E-state index >= 15 is 0 Å². The van der Waals surface area contributed by atoms with Gasteiger partial charge in [0.25, 0.3) is 0 Å². The van der Waals surface area contributed by atoms with E-state index in [1.165, 1.54) is 5.56 Å². The molecule has 1 atom stereocenters. The number of ether oxygens (including phenoxy) is 1. The van der Waals surface area contributed by atoms with Crippen LogP contribution in [-0.4, -0.2) is 19.2 Å². The van der Waals surface area contributed by atoms with Crippen LogP contribution in [0.1, 0.15) is 25.8 Å². The van der Waals surface area contributed by atoms with Crippen molar-refractivity contribution in [2.24, 2.45) is 0 Å². The molecule has 90 valence electrons. The SMILES string of the molecule is CCNCC(CC)OCc1cccc(Br)c1. The molecular weight excluding hydrogens is 266 g/mol. The van der Waals surface area contributed by atoms with Crippen molar-refractivity contribution in [2.75, 3.05) is 13.1 Å². The Morgan fingerprint density at radius 2 is 2.19 bits per heavy atom. The molecule has 0 spiro atoms. The lowest BCUT2D eigenvalue weighted by Gasteiger charge is -2.16. The Hall–Kier alpha value is -0.380. The van der Waals surface area contributed by atoms with Gasteiger partial charge in [0.1, 0.15) is 0 Å². The van der Waals surface area contributed by atoms with Crippen LogP contribution < -0.4 is 5.32 Å². The molecule has 0 aliphatic rings. The summed E-state index contributed by atoms with van der Waals surface area (Å²) >= 11 is 3.46. The number of halogens is 1. The minimum atomic E-state index is 0.305. The van der Waals surface area contributed by atoms with Crippen molar-refractivity contribution < 1.29 is 4.74 Å². The molecule has 0 amide bonds. The van der Waals surface area contributed by atoms with Gasteiger partial charge in [-0.3, -0.25) is 0 Å². The second kappa shape index (κ2) is 7.82. The van der Waals surface area contributed by atoms with Gasteiger partial charge in [-0.1, -0.05) is 41.9 Å². The third-order valence-corrected chi connectivity index (χ3v) is 2.95. The molecule has 1 rings (SSSR count). The second-order valence-electron chi connectivity index (χ2n) is 3.78. The van der Waals surface area contributed by atoms with Crippen LogP contribution in [-0.2, 0) is 11.3 Å². The first-order chi connectivity index (χ1) is 7.76. The third-order valence-electron chi connectivity index (χ3n) is 2.45. The van der Waals surface area contributed by atoms with E-state index in [-0.39, 0.29) is 0 Å². The zero-order valence-corrected chi connectivity index (χ0v) is 11.6. The maximum absolute atomic E-state index is 5.85. The largest absolute Gasteiger partial charge is 0.372 e. The second-order valence-corrected chi connectivity index (χ2v) is 4.69. The van der Waals surface area contributed by atoms with Gasteiger partial charge in [0.05, 0.1) is 12.7 Å². The van der Waals surface area contributed by atoms with Crippen LogP contribution in [0.15, 0.2) is 28.7 Å². The van der Waals surface area contributed by atoms with Crippen molar-refractivity contribution >= 4 is 15.9 Å². The summed E-state index contributed by atoms with van der Waals surface area (Å²) < 4.78 is 6.96.